The Hall–Kier alpha value is -4.19. The van der Waals surface area contributed by atoms with Crippen molar-refractivity contribution in [3.05, 3.63) is 94.7 Å². The zero-order valence-corrected chi connectivity index (χ0v) is 17.0. The fourth-order valence-corrected chi connectivity index (χ4v) is 3.76. The molecule has 4 rings (SSSR count). The minimum Gasteiger partial charge on any atom is -0.478 e. The Bertz CT molecular complexity index is 1280. The molecule has 1 aliphatic rings. The van der Waals surface area contributed by atoms with Crippen molar-refractivity contribution in [2.45, 2.75) is 6.92 Å². The van der Waals surface area contributed by atoms with Crippen molar-refractivity contribution in [1.82, 2.24) is 0 Å². The Morgan fingerprint density at radius 3 is 2.32 bits per heavy atom. The number of allylic oxidation sites excluding steroid dienone is 1. The van der Waals surface area contributed by atoms with E-state index in [2.05, 4.69) is 0 Å². The molecule has 3 aromatic carbocycles. The number of hydrogen-bond donors (Lipinski definition) is 1. The third-order valence-electron chi connectivity index (χ3n) is 5.27. The number of carbonyl (C=O) groups excluding carboxylic acids is 2. The third-order valence-corrected chi connectivity index (χ3v) is 5.27. The predicted octanol–water partition coefficient (Wildman–Crippen LogP) is 4.42. The number of anilines is 1. The van der Waals surface area contributed by atoms with E-state index in [1.165, 1.54) is 24.1 Å². The molecule has 0 aromatic heterocycles. The number of amides is 1. The minimum atomic E-state index is -1.04. The first-order valence-electron chi connectivity index (χ1n) is 9.59. The molecule has 1 amide bonds. The number of benzene rings is 3. The molecule has 1 heterocycles. The van der Waals surface area contributed by atoms with E-state index in [-0.39, 0.29) is 22.6 Å². The number of carboxylic acid groups (broad SMARTS) is 1. The summed E-state index contributed by atoms with van der Waals surface area (Å²) in [4.78, 5) is 38.7. The normalized spacial score (nSPS) is 15.1. The van der Waals surface area contributed by atoms with E-state index in [0.29, 0.717) is 16.9 Å². The van der Waals surface area contributed by atoms with Gasteiger partial charge in [0.05, 0.1) is 29.5 Å². The molecule has 1 N–H and O–H groups in total. The highest BCUT2D eigenvalue weighted by Crippen LogP contribution is 2.38. The smallest absolute Gasteiger partial charge is 0.340 e. The maximum atomic E-state index is 13.5. The summed E-state index contributed by atoms with van der Waals surface area (Å²) in [6.45, 7) is 1.71. The van der Waals surface area contributed by atoms with Crippen LogP contribution in [-0.4, -0.2) is 30.1 Å². The first kappa shape index (κ1) is 20.1. The summed E-state index contributed by atoms with van der Waals surface area (Å²) in [5, 5.41) is 10.9. The van der Waals surface area contributed by atoms with Gasteiger partial charge < -0.3 is 9.84 Å². The van der Waals surface area contributed by atoms with E-state index in [4.69, 9.17) is 9.84 Å². The van der Waals surface area contributed by atoms with Crippen LogP contribution in [0.4, 0.5) is 5.69 Å². The fourth-order valence-electron chi connectivity index (χ4n) is 3.76. The van der Waals surface area contributed by atoms with Crippen LogP contribution in [0.2, 0.25) is 0 Å². The van der Waals surface area contributed by atoms with Gasteiger partial charge in [0, 0.05) is 11.1 Å². The van der Waals surface area contributed by atoms with Crippen molar-refractivity contribution in [2.75, 3.05) is 12.0 Å². The molecule has 0 bridgehead atoms. The Balaban J connectivity index is 1.86. The van der Waals surface area contributed by atoms with Crippen molar-refractivity contribution in [3.63, 3.8) is 0 Å². The summed E-state index contributed by atoms with van der Waals surface area (Å²) in [7, 11) is 1.27. The number of ether oxygens (including phenoxy) is 1. The second-order valence-corrected chi connectivity index (χ2v) is 7.08. The largest absolute Gasteiger partial charge is 0.478 e. The topological polar surface area (TPSA) is 83.9 Å². The monoisotopic (exact) mass is 413 g/mol. The number of carbonyl (C=O) groups is 3. The van der Waals surface area contributed by atoms with Gasteiger partial charge in [-0.15, -0.1) is 0 Å². The van der Waals surface area contributed by atoms with Gasteiger partial charge >= 0.3 is 11.9 Å². The molecule has 0 spiro atoms. The van der Waals surface area contributed by atoms with Gasteiger partial charge in [0.1, 0.15) is 0 Å². The van der Waals surface area contributed by atoms with E-state index in [1.54, 1.807) is 25.1 Å². The second kappa shape index (κ2) is 7.91. The standard InChI is InChI=1S/C25H19NO5/c1-15-22(25(30)31-2)20(14-16-10-12-18(13-11-16)24(28)29)23(27)26(15)21-9-5-7-17-6-3-4-8-19(17)21/h3-14H,1-2H3,(H,28,29)/b20-14-. The van der Waals surface area contributed by atoms with Crippen molar-refractivity contribution >= 4 is 40.4 Å². The molecule has 0 atom stereocenters. The lowest BCUT2D eigenvalue weighted by Gasteiger charge is -2.20. The molecule has 0 saturated carbocycles. The Morgan fingerprint density at radius 2 is 1.65 bits per heavy atom. The molecule has 31 heavy (non-hydrogen) atoms. The van der Waals surface area contributed by atoms with Crippen LogP contribution in [0.25, 0.3) is 16.8 Å². The average molecular weight is 413 g/mol. The first-order valence-corrected chi connectivity index (χ1v) is 9.59. The zero-order chi connectivity index (χ0) is 22.1. The highest BCUT2D eigenvalue weighted by Gasteiger charge is 2.38. The molecular weight excluding hydrogens is 394 g/mol. The maximum absolute atomic E-state index is 13.5. The molecule has 0 saturated heterocycles. The van der Waals surface area contributed by atoms with Crippen LogP contribution in [0.1, 0.15) is 22.8 Å². The van der Waals surface area contributed by atoms with E-state index < -0.39 is 11.9 Å². The second-order valence-electron chi connectivity index (χ2n) is 7.08. The number of methoxy groups -OCH3 is 1. The van der Waals surface area contributed by atoms with E-state index in [1.807, 2.05) is 42.5 Å². The molecule has 3 aromatic rings. The van der Waals surface area contributed by atoms with Crippen LogP contribution in [-0.2, 0) is 14.3 Å². The summed E-state index contributed by atoms with van der Waals surface area (Å²) in [6, 6.07) is 19.4. The maximum Gasteiger partial charge on any atom is 0.340 e. The Morgan fingerprint density at radius 1 is 0.968 bits per heavy atom. The summed E-state index contributed by atoms with van der Waals surface area (Å²) >= 11 is 0. The number of aromatic carboxylic acids is 1. The summed E-state index contributed by atoms with van der Waals surface area (Å²) in [5.41, 5.74) is 2.26. The summed E-state index contributed by atoms with van der Waals surface area (Å²) in [5.74, 6) is -2.00. The lowest BCUT2D eigenvalue weighted by atomic mass is 10.0. The van der Waals surface area contributed by atoms with Crippen LogP contribution in [0, 0.1) is 0 Å². The predicted molar refractivity (Wildman–Crippen MR) is 118 cm³/mol. The molecule has 6 nitrogen and oxygen atoms in total. The van der Waals surface area contributed by atoms with E-state index in [0.717, 1.165) is 10.8 Å². The number of esters is 1. The van der Waals surface area contributed by atoms with Crippen molar-refractivity contribution in [2.24, 2.45) is 0 Å². The Labute approximate surface area is 178 Å². The van der Waals surface area contributed by atoms with Crippen molar-refractivity contribution in [3.8, 4) is 0 Å². The first-order chi connectivity index (χ1) is 14.9. The number of rotatable bonds is 4. The molecule has 154 valence electrons. The van der Waals surface area contributed by atoms with Crippen LogP contribution >= 0.6 is 0 Å². The van der Waals surface area contributed by atoms with Gasteiger partial charge in [0.25, 0.3) is 5.91 Å². The quantitative estimate of drug-likeness (QED) is 0.506. The summed E-state index contributed by atoms with van der Waals surface area (Å²) < 4.78 is 4.95. The van der Waals surface area contributed by atoms with E-state index >= 15 is 0 Å². The SMILES string of the molecule is COC(=O)C1=C(C)N(c2cccc3ccccc23)C(=O)/C1=C\c1ccc(C(=O)O)cc1. The average Bonchev–Trinajstić information content (AvgIpc) is 3.02. The van der Waals surface area contributed by atoms with Crippen LogP contribution in [0.3, 0.4) is 0 Å². The van der Waals surface area contributed by atoms with Crippen LogP contribution < -0.4 is 4.90 Å². The Kier molecular flexibility index (Phi) is 5.13. The molecule has 0 radical (unpaired) electrons. The number of hydrogen-bond acceptors (Lipinski definition) is 4. The van der Waals surface area contributed by atoms with Gasteiger partial charge in [-0.05, 0) is 42.1 Å². The molecule has 0 unspecified atom stereocenters. The number of nitrogens with zero attached hydrogens (tertiary/aromatic N) is 1. The lowest BCUT2D eigenvalue weighted by molar-refractivity contribution is -0.136. The van der Waals surface area contributed by atoms with Crippen molar-refractivity contribution < 1.29 is 24.2 Å². The highest BCUT2D eigenvalue weighted by molar-refractivity contribution is 6.25. The van der Waals surface area contributed by atoms with Gasteiger partial charge in [-0.1, -0.05) is 48.5 Å². The van der Waals surface area contributed by atoms with Gasteiger partial charge in [-0.25, -0.2) is 9.59 Å². The zero-order valence-electron chi connectivity index (χ0n) is 17.0. The van der Waals surface area contributed by atoms with Crippen LogP contribution in [0.15, 0.2) is 83.6 Å². The number of carboxylic acids is 1. The minimum absolute atomic E-state index is 0.136. The molecule has 0 aliphatic carbocycles. The molecule has 1 aliphatic heterocycles. The van der Waals surface area contributed by atoms with Gasteiger partial charge in [-0.3, -0.25) is 9.69 Å². The molecular formula is C25H19NO5. The lowest BCUT2D eigenvalue weighted by Crippen LogP contribution is -2.24. The van der Waals surface area contributed by atoms with Crippen molar-refractivity contribution in [1.29, 1.82) is 0 Å². The molecule has 0 fully saturated rings. The summed E-state index contributed by atoms with van der Waals surface area (Å²) in [6.07, 6.45) is 1.58. The number of fused-ring (bicyclic) bond motifs is 1. The van der Waals surface area contributed by atoms with Gasteiger partial charge in [-0.2, -0.15) is 0 Å². The van der Waals surface area contributed by atoms with Gasteiger partial charge in [0.15, 0.2) is 0 Å². The molecule has 6 heteroatoms. The van der Waals surface area contributed by atoms with E-state index in [9.17, 15) is 14.4 Å². The fraction of sp³-hybridized carbons (Fsp3) is 0.0800. The highest BCUT2D eigenvalue weighted by atomic mass is 16.5. The van der Waals surface area contributed by atoms with Crippen LogP contribution in [0.5, 0.6) is 0 Å². The van der Waals surface area contributed by atoms with Gasteiger partial charge in [0.2, 0.25) is 0 Å². The third kappa shape index (κ3) is 3.48.